The van der Waals surface area contributed by atoms with Gasteiger partial charge in [0.2, 0.25) is 0 Å². The maximum atomic E-state index is 15.6. The summed E-state index contributed by atoms with van der Waals surface area (Å²) in [6.07, 6.45) is 2.50. The van der Waals surface area contributed by atoms with Crippen LogP contribution in [0.2, 0.25) is 0 Å². The van der Waals surface area contributed by atoms with E-state index in [1.165, 1.54) is 36.0 Å². The van der Waals surface area contributed by atoms with Crippen molar-refractivity contribution in [3.05, 3.63) is 89.4 Å². The lowest BCUT2D eigenvalue weighted by Gasteiger charge is -2.30. The van der Waals surface area contributed by atoms with Crippen molar-refractivity contribution in [1.29, 1.82) is 0 Å². The molecule has 1 atom stereocenters. The predicted octanol–water partition coefficient (Wildman–Crippen LogP) is 7.74. The second-order valence-corrected chi connectivity index (χ2v) is 17.7. The van der Waals surface area contributed by atoms with Crippen LogP contribution in [0.3, 0.4) is 0 Å². The Morgan fingerprint density at radius 2 is 1.75 bits per heavy atom. The Hall–Kier alpha value is -4.51. The molecule has 1 aliphatic rings. The molecule has 10 nitrogen and oxygen atoms in total. The van der Waals surface area contributed by atoms with Crippen LogP contribution in [0.4, 0.5) is 22.0 Å². The first-order valence-electron chi connectivity index (χ1n) is 16.2. The number of aryl methyl sites for hydroxylation is 2. The van der Waals surface area contributed by atoms with Crippen LogP contribution in [0, 0.1) is 17.0 Å². The number of nitrogens with one attached hydrogen (secondary N) is 1. The third-order valence-corrected chi connectivity index (χ3v) is 12.3. The van der Waals surface area contributed by atoms with E-state index in [1.807, 2.05) is 0 Å². The molecule has 0 saturated heterocycles. The van der Waals surface area contributed by atoms with Crippen LogP contribution >= 0.6 is 0 Å². The van der Waals surface area contributed by atoms with E-state index in [2.05, 4.69) is 19.2 Å². The first-order valence-corrected chi connectivity index (χ1v) is 19.4. The summed E-state index contributed by atoms with van der Waals surface area (Å²) in [5, 5.41) is 5.15. The molecule has 2 aromatic heterocycles. The van der Waals surface area contributed by atoms with Gasteiger partial charge in [0.25, 0.3) is 0 Å². The zero-order valence-electron chi connectivity index (χ0n) is 28.5. The fraction of sp³-hybridized carbons (Fsp3) is 0.371. The molecule has 4 bridgehead atoms. The normalized spacial score (nSPS) is 19.6. The number of nitrogens with zero attached hydrogens (tertiary/aromatic N) is 3. The molecule has 0 saturated carbocycles. The number of ether oxygens (including phenoxy) is 1. The number of fused-ring (bicyclic) bond motifs is 8. The van der Waals surface area contributed by atoms with Crippen LogP contribution in [-0.4, -0.2) is 53.6 Å². The van der Waals surface area contributed by atoms with Gasteiger partial charge >= 0.3 is 15.6 Å². The van der Waals surface area contributed by atoms with E-state index in [4.69, 9.17) is 4.74 Å². The van der Waals surface area contributed by atoms with Crippen LogP contribution in [0.1, 0.15) is 57.0 Å². The van der Waals surface area contributed by atoms with Gasteiger partial charge in [-0.05, 0) is 73.6 Å². The summed E-state index contributed by atoms with van der Waals surface area (Å²) >= 11 is 0. The zero-order chi connectivity index (χ0) is 37.9. The first kappa shape index (κ1) is 37.3. The van der Waals surface area contributed by atoms with Crippen molar-refractivity contribution >= 4 is 30.9 Å². The second-order valence-electron chi connectivity index (χ2n) is 13.9. The summed E-state index contributed by atoms with van der Waals surface area (Å²) in [5.74, 6) is -2.60. The lowest BCUT2D eigenvalue weighted by Crippen LogP contribution is -2.30. The average molecular weight is 767 g/mol. The molecule has 1 aliphatic heterocycles. The van der Waals surface area contributed by atoms with Crippen LogP contribution in [0.5, 0.6) is 17.2 Å². The van der Waals surface area contributed by atoms with E-state index in [9.17, 15) is 30.0 Å². The monoisotopic (exact) mass is 766 g/mol. The van der Waals surface area contributed by atoms with Crippen LogP contribution in [0.25, 0.3) is 22.3 Å². The van der Waals surface area contributed by atoms with E-state index >= 15 is 8.78 Å². The molecule has 0 radical (unpaired) electrons. The summed E-state index contributed by atoms with van der Waals surface area (Å²) in [6, 6.07) is 11.7. The molecule has 0 amide bonds. The number of aromatic amines is 1. The number of hydrogen-bond donors (Lipinski definition) is 1. The number of alkyl halides is 3. The van der Waals surface area contributed by atoms with Crippen molar-refractivity contribution in [3.63, 3.8) is 0 Å². The molecular weight excluding hydrogens is 732 g/mol. The van der Waals surface area contributed by atoms with E-state index < -0.39 is 53.7 Å². The quantitative estimate of drug-likeness (QED) is 0.112. The number of halogens is 5. The van der Waals surface area contributed by atoms with Crippen LogP contribution < -0.4 is 8.92 Å². The smallest absolute Gasteiger partial charge is 0.454 e. The van der Waals surface area contributed by atoms with Gasteiger partial charge in [-0.15, -0.1) is 0 Å². The first-order chi connectivity index (χ1) is 24.2. The van der Waals surface area contributed by atoms with Crippen molar-refractivity contribution < 1.29 is 47.7 Å². The minimum absolute atomic E-state index is 0.0274. The molecule has 0 spiro atoms. The Kier molecular flexibility index (Phi) is 9.43. The molecule has 52 heavy (non-hydrogen) atoms. The molecule has 17 heteroatoms. The minimum atomic E-state index is -5.98. The van der Waals surface area contributed by atoms with Crippen molar-refractivity contribution in [2.24, 2.45) is 12.5 Å². The molecule has 0 fully saturated rings. The highest BCUT2D eigenvalue weighted by Crippen LogP contribution is 2.42. The number of H-pyrrole nitrogens is 1. The highest BCUT2D eigenvalue weighted by molar-refractivity contribution is 7.91. The van der Waals surface area contributed by atoms with Crippen molar-refractivity contribution in [1.82, 2.24) is 19.7 Å². The lowest BCUT2D eigenvalue weighted by atomic mass is 9.75. The van der Waals surface area contributed by atoms with Crippen LogP contribution in [0.15, 0.2) is 60.8 Å². The topological polar surface area (TPSA) is 133 Å². The fourth-order valence-electron chi connectivity index (χ4n) is 6.66. The van der Waals surface area contributed by atoms with Crippen molar-refractivity contribution in [2.75, 3.05) is 11.5 Å². The molecule has 5 aromatic rings. The summed E-state index contributed by atoms with van der Waals surface area (Å²) in [6.45, 7) is 5.29. The molecule has 6 rings (SSSR count). The second kappa shape index (κ2) is 13.2. The largest absolute Gasteiger partial charge is 0.534 e. The highest BCUT2D eigenvalue weighted by Gasteiger charge is 2.48. The molecule has 1 unspecified atom stereocenters. The molecule has 3 heterocycles. The number of hydrogen-bond acceptors (Lipinski definition) is 8. The zero-order valence-corrected chi connectivity index (χ0v) is 30.1. The van der Waals surface area contributed by atoms with Gasteiger partial charge < -0.3 is 13.9 Å². The van der Waals surface area contributed by atoms with Crippen molar-refractivity contribution in [2.45, 2.75) is 57.4 Å². The van der Waals surface area contributed by atoms with Gasteiger partial charge in [-0.3, -0.25) is 0 Å². The van der Waals surface area contributed by atoms with Gasteiger partial charge in [0.05, 0.1) is 22.5 Å². The molecule has 0 aliphatic carbocycles. The summed E-state index contributed by atoms with van der Waals surface area (Å²) in [4.78, 5) is 7.62. The predicted molar refractivity (Wildman–Crippen MR) is 183 cm³/mol. The number of benzene rings is 3. The number of aromatic nitrogens is 4. The third-order valence-electron chi connectivity index (χ3n) is 9.29. The minimum Gasteiger partial charge on any atom is -0.454 e. The Balaban J connectivity index is 1.50. The molecular formula is C35H35F5N4O6S2. The summed E-state index contributed by atoms with van der Waals surface area (Å²) in [7, 11) is -8.19. The maximum absolute atomic E-state index is 15.6. The van der Waals surface area contributed by atoms with Crippen LogP contribution in [-0.2, 0) is 38.8 Å². The third kappa shape index (κ3) is 7.38. The fourth-order valence-corrected chi connectivity index (χ4v) is 9.11. The SMILES string of the molecule is Cn1nc2nc1-c1cc(ccc1F)Oc1c(F)cc3[nH]ccc3c1CCS(=O)(=O)CC(C)(C)CCCC2(C)c1cccc(OS(=O)(=O)C(F)(F)F)c1. The van der Waals surface area contributed by atoms with E-state index in [0.717, 1.165) is 18.2 Å². The Labute approximate surface area is 297 Å². The van der Waals surface area contributed by atoms with E-state index in [-0.39, 0.29) is 53.1 Å². The van der Waals surface area contributed by atoms with Gasteiger partial charge in [-0.1, -0.05) is 32.4 Å². The van der Waals surface area contributed by atoms with E-state index in [1.54, 1.807) is 39.1 Å². The molecule has 3 aromatic carbocycles. The Bertz CT molecular complexity index is 2390. The highest BCUT2D eigenvalue weighted by atomic mass is 32.2. The number of rotatable bonds is 3. The van der Waals surface area contributed by atoms with Gasteiger partial charge in [0, 0.05) is 35.8 Å². The van der Waals surface area contributed by atoms with E-state index in [0.29, 0.717) is 34.9 Å². The van der Waals surface area contributed by atoms with Crippen molar-refractivity contribution in [3.8, 4) is 28.6 Å². The molecule has 1 N–H and O–H groups in total. The maximum Gasteiger partial charge on any atom is 0.534 e. The van der Waals surface area contributed by atoms with Gasteiger partial charge in [0.1, 0.15) is 17.3 Å². The summed E-state index contributed by atoms with van der Waals surface area (Å²) < 4.78 is 133. The lowest BCUT2D eigenvalue weighted by molar-refractivity contribution is -0.0500. The molecule has 278 valence electrons. The summed E-state index contributed by atoms with van der Waals surface area (Å²) in [5.41, 5.74) is -6.65. The average Bonchev–Trinajstić information content (AvgIpc) is 3.66. The standard InChI is InChI=1S/C35H35F5N4O6S2/c1-33(2)13-6-14-34(3,21-7-5-8-23(17-21)50-52(47,48)35(38,39)40)32-42-31(44(4)43-32)26-18-22(9-10-27(26)36)49-30-25(12-16-51(45,46)20-33)24-11-15-41-29(24)19-28(30)37/h5,7-11,15,17-19,41H,6,12-14,16,20H2,1-4H3. The number of sulfone groups is 1. The Morgan fingerprint density at radius 3 is 2.48 bits per heavy atom. The van der Waals surface area contributed by atoms with Gasteiger partial charge in [-0.25, -0.2) is 26.9 Å². The van der Waals surface area contributed by atoms with Gasteiger partial charge in [-0.2, -0.15) is 26.7 Å². The Morgan fingerprint density at radius 1 is 1.00 bits per heavy atom. The van der Waals surface area contributed by atoms with Gasteiger partial charge in [0.15, 0.2) is 33.1 Å².